The summed E-state index contributed by atoms with van der Waals surface area (Å²) in [4.78, 5) is 20.4. The van der Waals surface area contributed by atoms with Gasteiger partial charge in [-0.05, 0) is 62.0 Å². The first kappa shape index (κ1) is 29.8. The van der Waals surface area contributed by atoms with Gasteiger partial charge in [-0.15, -0.1) is 0 Å². The van der Waals surface area contributed by atoms with E-state index in [1.807, 2.05) is 18.3 Å². The average Bonchev–Trinajstić information content (AvgIpc) is 3.23. The molecule has 0 atom stereocenters. The Bertz CT molecular complexity index is 2940. The summed E-state index contributed by atoms with van der Waals surface area (Å²) in [5.41, 5.74) is 8.39. The molecule has 52 heavy (non-hydrogen) atoms. The van der Waals surface area contributed by atoms with Crippen LogP contribution in [0.15, 0.2) is 182 Å². The van der Waals surface area contributed by atoms with Crippen molar-refractivity contribution in [3.05, 3.63) is 182 Å². The predicted molar refractivity (Wildman–Crippen MR) is 215 cm³/mol. The van der Waals surface area contributed by atoms with E-state index >= 15 is 0 Å². The van der Waals surface area contributed by atoms with Crippen molar-refractivity contribution in [2.24, 2.45) is 0 Å². The largest absolute Gasteiger partial charge is 0.256 e. The Balaban J connectivity index is 1.21. The molecular formula is C48H30N4. The molecule has 0 aliphatic carbocycles. The van der Waals surface area contributed by atoms with Crippen LogP contribution in [0.5, 0.6) is 0 Å². The third-order valence-electron chi connectivity index (χ3n) is 9.94. The third-order valence-corrected chi connectivity index (χ3v) is 9.94. The number of rotatable bonds is 5. The molecule has 2 heterocycles. The number of pyridine rings is 1. The smallest absolute Gasteiger partial charge is 0.164 e. The molecule has 0 fully saturated rings. The summed E-state index contributed by atoms with van der Waals surface area (Å²) >= 11 is 0. The lowest BCUT2D eigenvalue weighted by molar-refractivity contribution is 1.08. The van der Waals surface area contributed by atoms with Gasteiger partial charge in [-0.1, -0.05) is 158 Å². The standard InChI is InChI=1S/C48H30N4/c1-3-12-31(13-4-1)32-22-24-34(25-23-32)46-50-47(37-28-35-16-7-8-17-38(35)43(29-37)33-14-5-2-6-15-33)52-48(51-46)41-20-11-19-40-39(41)27-26-36-30-49-44-21-10-9-18-42(44)45(36)40/h1-30H. The maximum atomic E-state index is 5.26. The number of para-hydroxylation sites is 1. The minimum atomic E-state index is 0.626. The zero-order valence-corrected chi connectivity index (χ0v) is 28.1. The van der Waals surface area contributed by atoms with Gasteiger partial charge in [-0.25, -0.2) is 15.0 Å². The molecule has 0 amide bonds. The van der Waals surface area contributed by atoms with Gasteiger partial charge in [0.1, 0.15) is 0 Å². The average molecular weight is 663 g/mol. The second kappa shape index (κ2) is 12.4. The van der Waals surface area contributed by atoms with Gasteiger partial charge in [0, 0.05) is 39.0 Å². The van der Waals surface area contributed by atoms with Gasteiger partial charge in [0.2, 0.25) is 0 Å². The van der Waals surface area contributed by atoms with Crippen LogP contribution in [0.1, 0.15) is 0 Å². The number of hydrogen-bond donors (Lipinski definition) is 0. The first-order valence-electron chi connectivity index (χ1n) is 17.5. The molecule has 10 rings (SSSR count). The second-order valence-electron chi connectivity index (χ2n) is 13.1. The van der Waals surface area contributed by atoms with Crippen molar-refractivity contribution >= 4 is 43.2 Å². The Morgan fingerprint density at radius 3 is 1.73 bits per heavy atom. The third kappa shape index (κ3) is 5.17. The fourth-order valence-corrected chi connectivity index (χ4v) is 7.41. The maximum Gasteiger partial charge on any atom is 0.164 e. The summed E-state index contributed by atoms with van der Waals surface area (Å²) in [6.07, 6.45) is 1.96. The van der Waals surface area contributed by atoms with Gasteiger partial charge in [-0.3, -0.25) is 4.98 Å². The molecule has 2 aromatic heterocycles. The van der Waals surface area contributed by atoms with Crippen LogP contribution in [0, 0.1) is 0 Å². The summed E-state index contributed by atoms with van der Waals surface area (Å²) < 4.78 is 0. The van der Waals surface area contributed by atoms with Crippen molar-refractivity contribution in [3.63, 3.8) is 0 Å². The predicted octanol–water partition coefficient (Wildman–Crippen LogP) is 12.2. The molecule has 0 saturated carbocycles. The molecule has 4 heteroatoms. The van der Waals surface area contributed by atoms with Crippen LogP contribution in [0.4, 0.5) is 0 Å². The Morgan fingerprint density at radius 1 is 0.308 bits per heavy atom. The van der Waals surface area contributed by atoms with Crippen molar-refractivity contribution in [3.8, 4) is 56.4 Å². The summed E-state index contributed by atoms with van der Waals surface area (Å²) in [6, 6.07) is 61.4. The Hall–Kier alpha value is -7.04. The van der Waals surface area contributed by atoms with Crippen molar-refractivity contribution < 1.29 is 0 Å². The molecule has 0 unspecified atom stereocenters. The highest BCUT2D eigenvalue weighted by molar-refractivity contribution is 6.21. The zero-order chi connectivity index (χ0) is 34.4. The van der Waals surface area contributed by atoms with Gasteiger partial charge in [0.05, 0.1) is 5.52 Å². The van der Waals surface area contributed by atoms with Gasteiger partial charge >= 0.3 is 0 Å². The quantitative estimate of drug-likeness (QED) is 0.172. The highest BCUT2D eigenvalue weighted by Crippen LogP contribution is 2.38. The fraction of sp³-hybridized carbons (Fsp3) is 0. The van der Waals surface area contributed by atoms with Crippen LogP contribution >= 0.6 is 0 Å². The maximum absolute atomic E-state index is 5.26. The van der Waals surface area contributed by atoms with Gasteiger partial charge in [0.15, 0.2) is 17.5 Å². The van der Waals surface area contributed by atoms with Gasteiger partial charge < -0.3 is 0 Å². The molecule has 10 aromatic rings. The molecule has 0 N–H and O–H groups in total. The number of hydrogen-bond acceptors (Lipinski definition) is 4. The van der Waals surface area contributed by atoms with Crippen LogP contribution in [0.3, 0.4) is 0 Å². The lowest BCUT2D eigenvalue weighted by Crippen LogP contribution is -2.01. The Morgan fingerprint density at radius 2 is 0.923 bits per heavy atom. The van der Waals surface area contributed by atoms with Crippen molar-refractivity contribution in [1.29, 1.82) is 0 Å². The van der Waals surface area contributed by atoms with E-state index in [-0.39, 0.29) is 0 Å². The van der Waals surface area contributed by atoms with E-state index in [1.54, 1.807) is 0 Å². The number of aromatic nitrogens is 4. The molecule has 0 spiro atoms. The second-order valence-corrected chi connectivity index (χ2v) is 13.1. The first-order valence-corrected chi connectivity index (χ1v) is 17.5. The molecular weight excluding hydrogens is 633 g/mol. The van der Waals surface area contributed by atoms with Crippen molar-refractivity contribution in [1.82, 2.24) is 19.9 Å². The minimum absolute atomic E-state index is 0.626. The SMILES string of the molecule is c1ccc(-c2ccc(-c3nc(-c4cc(-c5ccccc5)c5ccccc5c4)nc(-c4cccc5c4ccc4cnc6ccccc6c45)n3)cc2)cc1. The molecule has 0 aliphatic heterocycles. The zero-order valence-electron chi connectivity index (χ0n) is 28.1. The van der Waals surface area contributed by atoms with Crippen molar-refractivity contribution in [2.75, 3.05) is 0 Å². The Labute approximate surface area is 300 Å². The first-order chi connectivity index (χ1) is 25.8. The summed E-state index contributed by atoms with van der Waals surface area (Å²) in [5.74, 6) is 1.88. The van der Waals surface area contributed by atoms with Gasteiger partial charge in [0.25, 0.3) is 0 Å². The summed E-state index contributed by atoms with van der Waals surface area (Å²) in [6.45, 7) is 0. The van der Waals surface area contributed by atoms with E-state index in [9.17, 15) is 0 Å². The molecule has 0 saturated heterocycles. The molecule has 8 aromatic carbocycles. The molecule has 4 nitrogen and oxygen atoms in total. The van der Waals surface area contributed by atoms with Crippen LogP contribution in [-0.2, 0) is 0 Å². The van der Waals surface area contributed by atoms with Crippen molar-refractivity contribution in [2.45, 2.75) is 0 Å². The number of fused-ring (bicyclic) bond motifs is 6. The van der Waals surface area contributed by atoms with E-state index in [0.717, 1.165) is 65.8 Å². The highest BCUT2D eigenvalue weighted by atomic mass is 15.0. The fourth-order valence-electron chi connectivity index (χ4n) is 7.41. The van der Waals surface area contributed by atoms with E-state index in [2.05, 4.69) is 164 Å². The lowest BCUT2D eigenvalue weighted by Gasteiger charge is -2.14. The van der Waals surface area contributed by atoms with E-state index in [0.29, 0.717) is 17.5 Å². The molecule has 0 aliphatic rings. The summed E-state index contributed by atoms with van der Waals surface area (Å²) in [7, 11) is 0. The topological polar surface area (TPSA) is 51.6 Å². The van der Waals surface area contributed by atoms with Gasteiger partial charge in [-0.2, -0.15) is 0 Å². The normalized spacial score (nSPS) is 11.5. The van der Waals surface area contributed by atoms with Crippen LogP contribution in [0.25, 0.3) is 99.6 Å². The number of nitrogens with zero attached hydrogens (tertiary/aromatic N) is 4. The van der Waals surface area contributed by atoms with Crippen LogP contribution in [0.2, 0.25) is 0 Å². The minimum Gasteiger partial charge on any atom is -0.256 e. The van der Waals surface area contributed by atoms with E-state index in [4.69, 9.17) is 19.9 Å². The van der Waals surface area contributed by atoms with Crippen LogP contribution in [-0.4, -0.2) is 19.9 Å². The highest BCUT2D eigenvalue weighted by Gasteiger charge is 2.18. The van der Waals surface area contributed by atoms with Crippen LogP contribution < -0.4 is 0 Å². The van der Waals surface area contributed by atoms with E-state index < -0.39 is 0 Å². The molecule has 0 radical (unpaired) electrons. The number of benzene rings is 8. The summed E-state index contributed by atoms with van der Waals surface area (Å²) in [5, 5.41) is 7.95. The molecule has 242 valence electrons. The monoisotopic (exact) mass is 662 g/mol. The lowest BCUT2D eigenvalue weighted by atomic mass is 9.95. The van der Waals surface area contributed by atoms with E-state index in [1.165, 1.54) is 16.3 Å². The molecule has 0 bridgehead atoms. The Kier molecular flexibility index (Phi) is 7.10.